The van der Waals surface area contributed by atoms with Crippen LogP contribution in [0.4, 0.5) is 0 Å². The van der Waals surface area contributed by atoms with Crippen LogP contribution in [0.2, 0.25) is 0 Å². The molecule has 1 aromatic carbocycles. The number of hydrogen-bond acceptors (Lipinski definition) is 2. The van der Waals surface area contributed by atoms with Gasteiger partial charge in [0.15, 0.2) is 11.7 Å². The topological polar surface area (TPSA) is 26.0 Å². The van der Waals surface area contributed by atoms with E-state index in [1.54, 1.807) is 6.20 Å². The fraction of sp³-hybridized carbons (Fsp3) is 0.308. The zero-order chi connectivity index (χ0) is 11.5. The predicted molar refractivity (Wildman–Crippen MR) is 65.8 cm³/mol. The molecule has 0 spiro atoms. The first kappa shape index (κ1) is 11.2. The van der Waals surface area contributed by atoms with Gasteiger partial charge < -0.3 is 4.42 Å². The number of rotatable bonds is 3. The van der Waals surface area contributed by atoms with Gasteiger partial charge in [0.1, 0.15) is 0 Å². The number of halogens is 1. The maximum absolute atomic E-state index is 5.65. The Morgan fingerprint density at radius 2 is 2.12 bits per heavy atom. The van der Waals surface area contributed by atoms with E-state index in [-0.39, 0.29) is 0 Å². The molecule has 3 heteroatoms. The fourth-order valence-electron chi connectivity index (χ4n) is 1.65. The van der Waals surface area contributed by atoms with E-state index in [2.05, 4.69) is 24.9 Å². The molecule has 0 aliphatic heterocycles. The number of alkyl halides is 1. The number of aromatic nitrogens is 1. The summed E-state index contributed by atoms with van der Waals surface area (Å²) in [6.45, 7) is 4.18. The summed E-state index contributed by atoms with van der Waals surface area (Å²) in [5.74, 6) is 2.06. The Morgan fingerprint density at radius 1 is 1.31 bits per heavy atom. The van der Waals surface area contributed by atoms with Gasteiger partial charge in [-0.05, 0) is 25.0 Å². The van der Waals surface area contributed by atoms with Crippen LogP contribution in [-0.2, 0) is 6.42 Å². The Kier molecular flexibility index (Phi) is 3.30. The first-order valence-corrected chi connectivity index (χ1v) is 5.83. The molecule has 1 heterocycles. The minimum atomic E-state index is 0.534. The van der Waals surface area contributed by atoms with Crippen molar-refractivity contribution in [2.24, 2.45) is 0 Å². The monoisotopic (exact) mass is 235 g/mol. The Balaban J connectivity index is 2.39. The first-order chi connectivity index (χ1) is 7.72. The van der Waals surface area contributed by atoms with Crippen LogP contribution in [0.15, 0.2) is 28.8 Å². The van der Waals surface area contributed by atoms with Crippen LogP contribution >= 0.6 is 11.6 Å². The largest absolute Gasteiger partial charge is 0.441 e. The van der Waals surface area contributed by atoms with Gasteiger partial charge in [-0.2, -0.15) is 0 Å². The van der Waals surface area contributed by atoms with E-state index in [9.17, 15) is 0 Å². The molecule has 0 bridgehead atoms. The highest BCUT2D eigenvalue weighted by Gasteiger charge is 2.09. The zero-order valence-electron chi connectivity index (χ0n) is 9.46. The third-order valence-electron chi connectivity index (χ3n) is 2.73. The van der Waals surface area contributed by atoms with Gasteiger partial charge in [-0.25, -0.2) is 4.98 Å². The molecular formula is C13H14ClNO. The number of oxazole rings is 1. The molecule has 0 atom stereocenters. The van der Waals surface area contributed by atoms with Crippen LogP contribution in [0, 0.1) is 13.8 Å². The van der Waals surface area contributed by atoms with Gasteiger partial charge in [-0.1, -0.05) is 18.2 Å². The van der Waals surface area contributed by atoms with E-state index in [0.29, 0.717) is 18.2 Å². The van der Waals surface area contributed by atoms with Crippen molar-refractivity contribution in [2.45, 2.75) is 20.3 Å². The van der Waals surface area contributed by atoms with Gasteiger partial charge >= 0.3 is 0 Å². The Morgan fingerprint density at radius 3 is 2.88 bits per heavy atom. The molecule has 0 saturated carbocycles. The molecule has 0 N–H and O–H groups in total. The molecule has 2 nitrogen and oxygen atoms in total. The Bertz CT molecular complexity index is 490. The molecule has 0 fully saturated rings. The second-order valence-corrected chi connectivity index (χ2v) is 4.18. The highest BCUT2D eigenvalue weighted by Crippen LogP contribution is 2.26. The summed E-state index contributed by atoms with van der Waals surface area (Å²) >= 11 is 5.65. The minimum Gasteiger partial charge on any atom is -0.441 e. The normalized spacial score (nSPS) is 10.7. The number of aryl methyl sites for hydroxylation is 2. The average molecular weight is 236 g/mol. The van der Waals surface area contributed by atoms with E-state index in [0.717, 1.165) is 11.3 Å². The average Bonchev–Trinajstić information content (AvgIpc) is 2.71. The Hall–Kier alpha value is -1.28. The van der Waals surface area contributed by atoms with Crippen molar-refractivity contribution in [1.29, 1.82) is 0 Å². The van der Waals surface area contributed by atoms with E-state index >= 15 is 0 Å². The van der Waals surface area contributed by atoms with Crippen LogP contribution in [0.25, 0.3) is 11.3 Å². The summed E-state index contributed by atoms with van der Waals surface area (Å²) in [4.78, 5) is 4.20. The molecule has 0 aliphatic rings. The summed E-state index contributed by atoms with van der Waals surface area (Å²) in [6, 6.07) is 6.17. The second kappa shape index (κ2) is 4.71. The molecule has 0 unspecified atom stereocenters. The molecular weight excluding hydrogens is 222 g/mol. The molecule has 84 valence electrons. The van der Waals surface area contributed by atoms with E-state index in [4.69, 9.17) is 16.0 Å². The van der Waals surface area contributed by atoms with Crippen molar-refractivity contribution in [3.8, 4) is 11.3 Å². The fourth-order valence-corrected chi connectivity index (χ4v) is 1.81. The summed E-state index contributed by atoms with van der Waals surface area (Å²) in [5, 5.41) is 0. The molecule has 0 aliphatic carbocycles. The van der Waals surface area contributed by atoms with Crippen molar-refractivity contribution in [2.75, 3.05) is 5.88 Å². The van der Waals surface area contributed by atoms with Gasteiger partial charge in [0.05, 0.1) is 6.20 Å². The van der Waals surface area contributed by atoms with Gasteiger partial charge in [0.25, 0.3) is 0 Å². The highest BCUT2D eigenvalue weighted by molar-refractivity contribution is 6.17. The van der Waals surface area contributed by atoms with Gasteiger partial charge in [0, 0.05) is 17.9 Å². The third-order valence-corrected chi connectivity index (χ3v) is 2.92. The van der Waals surface area contributed by atoms with E-state index in [1.165, 1.54) is 11.1 Å². The molecule has 0 saturated heterocycles. The smallest absolute Gasteiger partial charge is 0.196 e. The van der Waals surface area contributed by atoms with Crippen LogP contribution in [0.1, 0.15) is 17.0 Å². The molecule has 16 heavy (non-hydrogen) atoms. The van der Waals surface area contributed by atoms with Crippen molar-refractivity contribution in [1.82, 2.24) is 4.98 Å². The minimum absolute atomic E-state index is 0.534. The summed E-state index contributed by atoms with van der Waals surface area (Å²) in [5.41, 5.74) is 3.59. The lowest BCUT2D eigenvalue weighted by Crippen LogP contribution is -1.85. The van der Waals surface area contributed by atoms with Crippen LogP contribution in [0.5, 0.6) is 0 Å². The van der Waals surface area contributed by atoms with Crippen LogP contribution < -0.4 is 0 Å². The SMILES string of the molecule is Cc1cccc(-c2cnc(CCCl)o2)c1C. The lowest BCUT2D eigenvalue weighted by molar-refractivity contribution is 0.514. The lowest BCUT2D eigenvalue weighted by atomic mass is 10.0. The number of nitrogens with zero attached hydrogens (tertiary/aromatic N) is 1. The standard InChI is InChI=1S/C13H14ClNO/c1-9-4-3-5-11(10(9)2)12-8-15-13(16-12)6-7-14/h3-5,8H,6-7H2,1-2H3. The van der Waals surface area contributed by atoms with Gasteiger partial charge in [-0.3, -0.25) is 0 Å². The first-order valence-electron chi connectivity index (χ1n) is 5.29. The van der Waals surface area contributed by atoms with Crippen molar-refractivity contribution >= 4 is 11.6 Å². The maximum Gasteiger partial charge on any atom is 0.196 e. The quantitative estimate of drug-likeness (QED) is 0.758. The van der Waals surface area contributed by atoms with E-state index < -0.39 is 0 Å². The van der Waals surface area contributed by atoms with Gasteiger partial charge in [-0.15, -0.1) is 11.6 Å². The number of benzene rings is 1. The molecule has 1 aromatic heterocycles. The predicted octanol–water partition coefficient (Wildman–Crippen LogP) is 3.74. The maximum atomic E-state index is 5.65. The van der Waals surface area contributed by atoms with Crippen LogP contribution in [0.3, 0.4) is 0 Å². The van der Waals surface area contributed by atoms with E-state index in [1.807, 2.05) is 12.1 Å². The van der Waals surface area contributed by atoms with Crippen LogP contribution in [-0.4, -0.2) is 10.9 Å². The Labute approximate surface area is 100 Å². The molecule has 2 aromatic rings. The third kappa shape index (κ3) is 2.12. The highest BCUT2D eigenvalue weighted by atomic mass is 35.5. The van der Waals surface area contributed by atoms with Crippen molar-refractivity contribution < 1.29 is 4.42 Å². The van der Waals surface area contributed by atoms with Crippen molar-refractivity contribution in [3.05, 3.63) is 41.4 Å². The summed E-state index contributed by atoms with van der Waals surface area (Å²) in [7, 11) is 0. The van der Waals surface area contributed by atoms with Crippen molar-refractivity contribution in [3.63, 3.8) is 0 Å². The summed E-state index contributed by atoms with van der Waals surface area (Å²) < 4.78 is 5.65. The second-order valence-electron chi connectivity index (χ2n) is 3.80. The molecule has 0 amide bonds. The zero-order valence-corrected chi connectivity index (χ0v) is 10.2. The molecule has 2 rings (SSSR count). The molecule has 0 radical (unpaired) electrons. The summed E-state index contributed by atoms with van der Waals surface area (Å²) in [6.07, 6.45) is 2.44. The lowest BCUT2D eigenvalue weighted by Gasteiger charge is -2.04. The number of hydrogen-bond donors (Lipinski definition) is 0. The van der Waals surface area contributed by atoms with Gasteiger partial charge in [0.2, 0.25) is 0 Å².